The van der Waals surface area contributed by atoms with Crippen LogP contribution >= 0.6 is 0 Å². The first kappa shape index (κ1) is 11.1. The molecule has 1 N–H and O–H groups in total. The van der Waals surface area contributed by atoms with Crippen molar-refractivity contribution in [2.45, 2.75) is 31.8 Å². The number of aromatic nitrogens is 2. The Morgan fingerprint density at radius 3 is 3.06 bits per heavy atom. The van der Waals surface area contributed by atoms with E-state index in [0.717, 1.165) is 30.8 Å². The van der Waals surface area contributed by atoms with Crippen molar-refractivity contribution in [3.05, 3.63) is 17.7 Å². The molecule has 1 aromatic heterocycles. The highest BCUT2D eigenvalue weighted by Crippen LogP contribution is 2.21. The minimum Gasteiger partial charge on any atom is -0.481 e. The number of aliphatic carboxylic acids is 1. The van der Waals surface area contributed by atoms with Crippen molar-refractivity contribution in [1.82, 2.24) is 14.5 Å². The third-order valence-electron chi connectivity index (χ3n) is 3.21. The van der Waals surface area contributed by atoms with Crippen LogP contribution < -0.4 is 0 Å². The standard InChI is InChI=1S/C11H17N3O2/c1-13(2)8-3-4-14-7-12-9(6-11(15)16)10(14)5-8/h7-8H,3-6H2,1-2H3,(H,15,16). The molecular weight excluding hydrogens is 206 g/mol. The number of hydrogen-bond acceptors (Lipinski definition) is 3. The van der Waals surface area contributed by atoms with Crippen LogP contribution in [0.15, 0.2) is 6.33 Å². The van der Waals surface area contributed by atoms with Crippen LogP contribution in [0, 0.1) is 0 Å². The first-order chi connectivity index (χ1) is 7.58. The zero-order valence-corrected chi connectivity index (χ0v) is 9.68. The van der Waals surface area contributed by atoms with Gasteiger partial charge in [-0.2, -0.15) is 0 Å². The molecule has 0 spiro atoms. The van der Waals surface area contributed by atoms with Crippen molar-refractivity contribution in [2.75, 3.05) is 14.1 Å². The van der Waals surface area contributed by atoms with Gasteiger partial charge in [0.25, 0.3) is 0 Å². The van der Waals surface area contributed by atoms with Crippen LogP contribution in [0.3, 0.4) is 0 Å². The molecule has 0 aliphatic carbocycles. The molecule has 5 nitrogen and oxygen atoms in total. The maximum atomic E-state index is 10.7. The van der Waals surface area contributed by atoms with E-state index in [1.807, 2.05) is 0 Å². The Hall–Kier alpha value is -1.36. The lowest BCUT2D eigenvalue weighted by Crippen LogP contribution is -2.35. The molecule has 0 saturated carbocycles. The molecule has 1 unspecified atom stereocenters. The van der Waals surface area contributed by atoms with Gasteiger partial charge in [-0.3, -0.25) is 4.79 Å². The van der Waals surface area contributed by atoms with E-state index in [1.165, 1.54) is 0 Å². The quantitative estimate of drug-likeness (QED) is 0.805. The number of likely N-dealkylation sites (N-methyl/N-ethyl adjacent to an activating group) is 1. The largest absolute Gasteiger partial charge is 0.481 e. The first-order valence-electron chi connectivity index (χ1n) is 5.49. The number of hydrogen-bond donors (Lipinski definition) is 1. The Bertz CT molecular complexity index is 398. The number of carbonyl (C=O) groups is 1. The molecule has 0 amide bonds. The molecule has 0 aromatic carbocycles. The third kappa shape index (κ3) is 2.09. The van der Waals surface area contributed by atoms with Gasteiger partial charge < -0.3 is 14.6 Å². The fourth-order valence-electron chi connectivity index (χ4n) is 2.22. The summed E-state index contributed by atoms with van der Waals surface area (Å²) in [5, 5.41) is 8.80. The molecule has 5 heteroatoms. The second kappa shape index (κ2) is 4.25. The van der Waals surface area contributed by atoms with Gasteiger partial charge in [-0.25, -0.2) is 4.98 Å². The van der Waals surface area contributed by atoms with Crippen LogP contribution in [0.5, 0.6) is 0 Å². The summed E-state index contributed by atoms with van der Waals surface area (Å²) in [6.07, 6.45) is 3.79. The summed E-state index contributed by atoms with van der Waals surface area (Å²) >= 11 is 0. The number of imidazole rings is 1. The van der Waals surface area contributed by atoms with Gasteiger partial charge in [0, 0.05) is 24.7 Å². The van der Waals surface area contributed by atoms with Gasteiger partial charge in [-0.15, -0.1) is 0 Å². The topological polar surface area (TPSA) is 58.4 Å². The Morgan fingerprint density at radius 1 is 1.69 bits per heavy atom. The van der Waals surface area contributed by atoms with E-state index in [0.29, 0.717) is 6.04 Å². The van der Waals surface area contributed by atoms with E-state index in [4.69, 9.17) is 5.11 Å². The molecule has 0 saturated heterocycles. The number of aryl methyl sites for hydroxylation is 1. The first-order valence-corrected chi connectivity index (χ1v) is 5.49. The number of fused-ring (bicyclic) bond motifs is 1. The maximum absolute atomic E-state index is 10.7. The van der Waals surface area contributed by atoms with E-state index >= 15 is 0 Å². The van der Waals surface area contributed by atoms with Gasteiger partial charge in [0.15, 0.2) is 0 Å². The van der Waals surface area contributed by atoms with Crippen molar-refractivity contribution < 1.29 is 9.90 Å². The van der Waals surface area contributed by atoms with E-state index in [2.05, 4.69) is 28.5 Å². The molecule has 1 atom stereocenters. The van der Waals surface area contributed by atoms with Crippen molar-refractivity contribution >= 4 is 5.97 Å². The van der Waals surface area contributed by atoms with Crippen LogP contribution in [-0.2, 0) is 24.2 Å². The highest BCUT2D eigenvalue weighted by atomic mass is 16.4. The molecule has 88 valence electrons. The minimum atomic E-state index is -0.812. The number of rotatable bonds is 3. The van der Waals surface area contributed by atoms with Crippen LogP contribution in [0.2, 0.25) is 0 Å². The van der Waals surface area contributed by atoms with Crippen molar-refractivity contribution in [3.8, 4) is 0 Å². The van der Waals surface area contributed by atoms with Crippen LogP contribution in [0.25, 0.3) is 0 Å². The fourth-order valence-corrected chi connectivity index (χ4v) is 2.22. The summed E-state index contributed by atoms with van der Waals surface area (Å²) in [4.78, 5) is 17.1. The van der Waals surface area contributed by atoms with Crippen LogP contribution in [0.4, 0.5) is 0 Å². The predicted molar refractivity (Wildman–Crippen MR) is 59.4 cm³/mol. The Kier molecular flexibility index (Phi) is 2.96. The monoisotopic (exact) mass is 223 g/mol. The maximum Gasteiger partial charge on any atom is 0.309 e. The SMILES string of the molecule is CN(C)C1CCn2cnc(CC(=O)O)c2C1. The van der Waals surface area contributed by atoms with Gasteiger partial charge in [-0.1, -0.05) is 0 Å². The summed E-state index contributed by atoms with van der Waals surface area (Å²) in [6, 6.07) is 0.497. The Balaban J connectivity index is 2.20. The van der Waals surface area contributed by atoms with E-state index in [-0.39, 0.29) is 6.42 Å². The van der Waals surface area contributed by atoms with Gasteiger partial charge in [-0.05, 0) is 20.5 Å². The highest BCUT2D eigenvalue weighted by Gasteiger charge is 2.24. The molecular formula is C11H17N3O2. The predicted octanol–water partition coefficient (Wildman–Crippen LogP) is 0.387. The molecule has 0 fully saturated rings. The second-order valence-electron chi connectivity index (χ2n) is 4.51. The number of nitrogens with zero attached hydrogens (tertiary/aromatic N) is 3. The summed E-state index contributed by atoms with van der Waals surface area (Å²) in [5.74, 6) is -0.812. The van der Waals surface area contributed by atoms with E-state index < -0.39 is 5.97 Å². The molecule has 16 heavy (non-hydrogen) atoms. The lowest BCUT2D eigenvalue weighted by molar-refractivity contribution is -0.136. The summed E-state index contributed by atoms with van der Waals surface area (Å²) in [5.41, 5.74) is 1.81. The third-order valence-corrected chi connectivity index (χ3v) is 3.21. The van der Waals surface area contributed by atoms with E-state index in [1.54, 1.807) is 6.33 Å². The second-order valence-corrected chi connectivity index (χ2v) is 4.51. The summed E-state index contributed by atoms with van der Waals surface area (Å²) in [7, 11) is 4.13. The fraction of sp³-hybridized carbons (Fsp3) is 0.636. The zero-order chi connectivity index (χ0) is 11.7. The number of carboxylic acids is 1. The smallest absolute Gasteiger partial charge is 0.309 e. The molecule has 0 radical (unpaired) electrons. The molecule has 1 aliphatic heterocycles. The van der Waals surface area contributed by atoms with Crippen LogP contribution in [-0.4, -0.2) is 45.7 Å². The van der Waals surface area contributed by atoms with Gasteiger partial charge in [0.1, 0.15) is 0 Å². The molecule has 0 bridgehead atoms. The highest BCUT2D eigenvalue weighted by molar-refractivity contribution is 5.69. The summed E-state index contributed by atoms with van der Waals surface area (Å²) < 4.78 is 2.08. The number of carboxylic acid groups (broad SMARTS) is 1. The van der Waals surface area contributed by atoms with E-state index in [9.17, 15) is 4.79 Å². The van der Waals surface area contributed by atoms with Gasteiger partial charge >= 0.3 is 5.97 Å². The summed E-state index contributed by atoms with van der Waals surface area (Å²) in [6.45, 7) is 0.935. The van der Waals surface area contributed by atoms with Crippen molar-refractivity contribution in [1.29, 1.82) is 0 Å². The van der Waals surface area contributed by atoms with Crippen LogP contribution in [0.1, 0.15) is 17.8 Å². The van der Waals surface area contributed by atoms with Crippen molar-refractivity contribution in [3.63, 3.8) is 0 Å². The zero-order valence-electron chi connectivity index (χ0n) is 9.68. The average molecular weight is 223 g/mol. The van der Waals surface area contributed by atoms with Gasteiger partial charge in [0.05, 0.1) is 18.4 Å². The molecule has 2 heterocycles. The lowest BCUT2D eigenvalue weighted by atomic mass is 10.0. The Morgan fingerprint density at radius 2 is 2.44 bits per heavy atom. The van der Waals surface area contributed by atoms with Gasteiger partial charge in [0.2, 0.25) is 0 Å². The molecule has 2 rings (SSSR count). The lowest BCUT2D eigenvalue weighted by Gasteiger charge is -2.29. The normalized spacial score (nSPS) is 19.8. The minimum absolute atomic E-state index is 0.0302. The van der Waals surface area contributed by atoms with Crippen molar-refractivity contribution in [2.24, 2.45) is 0 Å². The Labute approximate surface area is 94.7 Å². The molecule has 1 aliphatic rings. The molecule has 1 aromatic rings. The average Bonchev–Trinajstić information content (AvgIpc) is 2.60.